The largest absolute Gasteiger partial charge is 0.356 e. The van der Waals surface area contributed by atoms with Gasteiger partial charge in [0.1, 0.15) is 6.04 Å². The van der Waals surface area contributed by atoms with Crippen molar-refractivity contribution in [3.8, 4) is 0 Å². The molecule has 3 aromatic carbocycles. The summed E-state index contributed by atoms with van der Waals surface area (Å²) in [4.78, 5) is 37.7. The van der Waals surface area contributed by atoms with Crippen LogP contribution in [0.25, 0.3) is 0 Å². The number of fused-ring (bicyclic) bond motifs is 1. The third-order valence-corrected chi connectivity index (χ3v) is 9.02. The molecule has 9 nitrogen and oxygen atoms in total. The van der Waals surface area contributed by atoms with Crippen molar-refractivity contribution >= 4 is 56.4 Å². The van der Waals surface area contributed by atoms with Gasteiger partial charge >= 0.3 is 0 Å². The van der Waals surface area contributed by atoms with Crippen LogP contribution in [-0.2, 0) is 30.8 Å². The summed E-state index contributed by atoms with van der Waals surface area (Å²) in [5.41, 5.74) is 3.27. The fourth-order valence-electron chi connectivity index (χ4n) is 4.47. The van der Waals surface area contributed by atoms with E-state index in [4.69, 9.17) is 11.6 Å². The standard InChI is InChI=1S/C29H31ClN4O5S/c1-4-27(35)32-21-11-9-20(10-12-21)13-14-31-28(36)17-25-29(37)33-23-7-5-6-8-24(23)34(25)40(38,39)26-16-18(2)22(30)15-19(26)3/h5-12,15-16,25H,4,13-14,17H2,1-3H3,(H,31,36)(H,32,35)(H,33,37). The van der Waals surface area contributed by atoms with Crippen LogP contribution in [0.4, 0.5) is 17.1 Å². The van der Waals surface area contributed by atoms with Gasteiger partial charge in [0.05, 0.1) is 22.7 Å². The van der Waals surface area contributed by atoms with E-state index in [0.29, 0.717) is 40.4 Å². The average Bonchev–Trinajstić information content (AvgIpc) is 2.91. The average molecular weight is 583 g/mol. The molecular formula is C29H31ClN4O5S. The molecule has 0 bridgehead atoms. The molecule has 3 amide bonds. The molecule has 1 atom stereocenters. The predicted molar refractivity (Wildman–Crippen MR) is 156 cm³/mol. The van der Waals surface area contributed by atoms with Gasteiger partial charge in [0.25, 0.3) is 10.0 Å². The van der Waals surface area contributed by atoms with Crippen molar-refractivity contribution < 1.29 is 22.8 Å². The SMILES string of the molecule is CCC(=O)Nc1ccc(CCNC(=O)CC2C(=O)Nc3ccccc3N2S(=O)(=O)c2cc(C)c(Cl)cc2C)cc1. The highest BCUT2D eigenvalue weighted by molar-refractivity contribution is 7.93. The highest BCUT2D eigenvalue weighted by atomic mass is 35.5. The molecule has 1 aliphatic rings. The van der Waals surface area contributed by atoms with Gasteiger partial charge in [-0.05, 0) is 73.4 Å². The van der Waals surface area contributed by atoms with Gasteiger partial charge < -0.3 is 16.0 Å². The van der Waals surface area contributed by atoms with Crippen molar-refractivity contribution in [3.63, 3.8) is 0 Å². The lowest BCUT2D eigenvalue weighted by Gasteiger charge is -2.37. The number of benzene rings is 3. The zero-order valence-corrected chi connectivity index (χ0v) is 24.0. The highest BCUT2D eigenvalue weighted by Gasteiger charge is 2.42. The van der Waals surface area contributed by atoms with E-state index in [-0.39, 0.29) is 29.5 Å². The summed E-state index contributed by atoms with van der Waals surface area (Å²) < 4.78 is 29.1. The van der Waals surface area contributed by atoms with Crippen LogP contribution in [0.5, 0.6) is 0 Å². The van der Waals surface area contributed by atoms with Gasteiger partial charge in [-0.15, -0.1) is 0 Å². The van der Waals surface area contributed by atoms with E-state index in [0.717, 1.165) is 9.87 Å². The topological polar surface area (TPSA) is 125 Å². The number of anilines is 3. The molecule has 40 heavy (non-hydrogen) atoms. The van der Waals surface area contributed by atoms with Crippen LogP contribution in [0.2, 0.25) is 5.02 Å². The number of para-hydroxylation sites is 2. The van der Waals surface area contributed by atoms with Crippen molar-refractivity contribution in [2.24, 2.45) is 0 Å². The highest BCUT2D eigenvalue weighted by Crippen LogP contribution is 2.38. The van der Waals surface area contributed by atoms with E-state index in [9.17, 15) is 22.8 Å². The molecular weight excluding hydrogens is 552 g/mol. The monoisotopic (exact) mass is 582 g/mol. The second-order valence-corrected chi connectivity index (χ2v) is 11.8. The maximum Gasteiger partial charge on any atom is 0.265 e. The summed E-state index contributed by atoms with van der Waals surface area (Å²) in [7, 11) is -4.25. The van der Waals surface area contributed by atoms with Crippen molar-refractivity contribution in [1.82, 2.24) is 5.32 Å². The van der Waals surface area contributed by atoms with Crippen LogP contribution < -0.4 is 20.3 Å². The molecule has 0 aromatic heterocycles. The first-order chi connectivity index (χ1) is 19.0. The number of amides is 3. The number of sulfonamides is 1. The van der Waals surface area contributed by atoms with Crippen LogP contribution in [0.3, 0.4) is 0 Å². The Balaban J connectivity index is 1.52. The normalized spacial score (nSPS) is 14.8. The molecule has 210 valence electrons. The number of halogens is 1. The summed E-state index contributed by atoms with van der Waals surface area (Å²) >= 11 is 6.21. The number of hydrogen-bond donors (Lipinski definition) is 3. The Morgan fingerprint density at radius 2 is 1.70 bits per heavy atom. The summed E-state index contributed by atoms with van der Waals surface area (Å²) in [5, 5.41) is 8.74. The van der Waals surface area contributed by atoms with E-state index in [1.54, 1.807) is 63.2 Å². The van der Waals surface area contributed by atoms with Crippen molar-refractivity contribution in [3.05, 3.63) is 82.4 Å². The summed E-state index contributed by atoms with van der Waals surface area (Å²) in [6.45, 7) is 5.40. The first-order valence-electron chi connectivity index (χ1n) is 12.9. The first-order valence-corrected chi connectivity index (χ1v) is 14.7. The number of rotatable bonds is 9. The fourth-order valence-corrected chi connectivity index (χ4v) is 6.62. The van der Waals surface area contributed by atoms with Gasteiger partial charge in [0.15, 0.2) is 0 Å². The quantitative estimate of drug-likeness (QED) is 0.341. The van der Waals surface area contributed by atoms with Crippen LogP contribution in [0.15, 0.2) is 65.6 Å². The molecule has 3 N–H and O–H groups in total. The van der Waals surface area contributed by atoms with Gasteiger partial charge in [-0.2, -0.15) is 0 Å². The zero-order valence-electron chi connectivity index (χ0n) is 22.5. The Bertz CT molecular complexity index is 1560. The van der Waals surface area contributed by atoms with E-state index in [2.05, 4.69) is 16.0 Å². The van der Waals surface area contributed by atoms with Gasteiger partial charge in [0, 0.05) is 23.7 Å². The Morgan fingerprint density at radius 1 is 1.00 bits per heavy atom. The molecule has 0 saturated carbocycles. The molecule has 4 rings (SSSR count). The lowest BCUT2D eigenvalue weighted by atomic mass is 10.1. The maximum atomic E-state index is 14.0. The third kappa shape index (κ3) is 6.29. The molecule has 3 aromatic rings. The Hall–Kier alpha value is -3.89. The van der Waals surface area contributed by atoms with E-state index in [1.165, 1.54) is 6.07 Å². The minimum absolute atomic E-state index is 0.0166. The van der Waals surface area contributed by atoms with Gasteiger partial charge in [-0.1, -0.05) is 42.8 Å². The van der Waals surface area contributed by atoms with Crippen LogP contribution in [0.1, 0.15) is 36.5 Å². The van der Waals surface area contributed by atoms with Crippen LogP contribution >= 0.6 is 11.6 Å². The molecule has 0 spiro atoms. The number of nitrogens with one attached hydrogen (secondary N) is 3. The Morgan fingerprint density at radius 3 is 2.40 bits per heavy atom. The van der Waals surface area contributed by atoms with Crippen LogP contribution in [-0.4, -0.2) is 38.7 Å². The van der Waals surface area contributed by atoms with Crippen molar-refractivity contribution in [2.75, 3.05) is 21.5 Å². The van der Waals surface area contributed by atoms with Crippen molar-refractivity contribution in [2.45, 2.75) is 51.0 Å². The van der Waals surface area contributed by atoms with E-state index < -0.39 is 27.9 Å². The molecule has 1 unspecified atom stereocenters. The Labute approximate surface area is 239 Å². The third-order valence-electron chi connectivity index (χ3n) is 6.65. The first kappa shape index (κ1) is 29.1. The minimum Gasteiger partial charge on any atom is -0.356 e. The number of nitrogens with zero attached hydrogens (tertiary/aromatic N) is 1. The minimum atomic E-state index is -4.25. The second kappa shape index (κ2) is 12.1. The number of carbonyl (C=O) groups excluding carboxylic acids is 3. The lowest BCUT2D eigenvalue weighted by Crippen LogP contribution is -2.53. The van der Waals surface area contributed by atoms with E-state index in [1.807, 2.05) is 12.1 Å². The molecule has 1 heterocycles. The van der Waals surface area contributed by atoms with Crippen molar-refractivity contribution in [1.29, 1.82) is 0 Å². The fraction of sp³-hybridized carbons (Fsp3) is 0.276. The molecule has 0 saturated heterocycles. The summed E-state index contributed by atoms with van der Waals surface area (Å²) in [6.07, 6.45) is 0.530. The molecule has 1 aliphatic heterocycles. The molecule has 0 fully saturated rings. The maximum absolute atomic E-state index is 14.0. The summed E-state index contributed by atoms with van der Waals surface area (Å²) in [6, 6.07) is 15.6. The number of aryl methyl sites for hydroxylation is 2. The lowest BCUT2D eigenvalue weighted by molar-refractivity contribution is -0.125. The molecule has 11 heteroatoms. The summed E-state index contributed by atoms with van der Waals surface area (Å²) in [5.74, 6) is -1.13. The van der Waals surface area contributed by atoms with Crippen LogP contribution in [0, 0.1) is 13.8 Å². The van der Waals surface area contributed by atoms with Gasteiger partial charge in [0.2, 0.25) is 17.7 Å². The smallest absolute Gasteiger partial charge is 0.265 e. The van der Waals surface area contributed by atoms with Gasteiger partial charge in [-0.25, -0.2) is 8.42 Å². The molecule has 0 aliphatic carbocycles. The Kier molecular flexibility index (Phi) is 8.80. The predicted octanol–water partition coefficient (Wildman–Crippen LogP) is 4.57. The zero-order chi connectivity index (χ0) is 29.0. The molecule has 0 radical (unpaired) electrons. The second-order valence-electron chi connectivity index (χ2n) is 9.59. The number of carbonyl (C=O) groups is 3. The van der Waals surface area contributed by atoms with E-state index >= 15 is 0 Å². The number of hydrogen-bond acceptors (Lipinski definition) is 5. The van der Waals surface area contributed by atoms with Gasteiger partial charge in [-0.3, -0.25) is 18.7 Å².